The Kier molecular flexibility index (Phi) is 2.73. The van der Waals surface area contributed by atoms with Gasteiger partial charge in [-0.1, -0.05) is 11.2 Å². The highest BCUT2D eigenvalue weighted by molar-refractivity contribution is 6.05. The Morgan fingerprint density at radius 3 is 2.82 bits per heavy atom. The van der Waals surface area contributed by atoms with E-state index in [1.165, 1.54) is 12.1 Å². The van der Waals surface area contributed by atoms with Gasteiger partial charge in [-0.3, -0.25) is 10.1 Å². The Hall–Kier alpha value is -2.44. The van der Waals surface area contributed by atoms with Crippen LogP contribution in [0.4, 0.5) is 10.4 Å². The number of halogens is 1. The zero-order valence-electron chi connectivity index (χ0n) is 8.77. The number of hydrogen-bond acceptors (Lipinski definition) is 5. The van der Waals surface area contributed by atoms with Crippen LogP contribution in [-0.2, 0) is 0 Å². The van der Waals surface area contributed by atoms with Crippen LogP contribution in [0.1, 0.15) is 16.2 Å². The van der Waals surface area contributed by atoms with E-state index in [1.54, 1.807) is 6.92 Å². The molecule has 0 unspecified atom stereocenters. The fraction of sp³-hybridized carbons (Fsp3) is 0.100. The van der Waals surface area contributed by atoms with E-state index in [2.05, 4.69) is 15.5 Å². The Bertz CT molecular complexity index is 547. The molecule has 0 aliphatic rings. The van der Waals surface area contributed by atoms with Gasteiger partial charge in [0.15, 0.2) is 0 Å². The average molecular weight is 237 g/mol. The highest BCUT2D eigenvalue weighted by Gasteiger charge is 2.18. The van der Waals surface area contributed by atoms with Crippen LogP contribution in [-0.4, -0.2) is 21.2 Å². The molecule has 2 N–H and O–H groups in total. The molecule has 6 nitrogen and oxygen atoms in total. The number of amides is 1. The summed E-state index contributed by atoms with van der Waals surface area (Å²) in [6.45, 7) is 1.54. The number of aromatic hydroxyl groups is 1. The monoisotopic (exact) mass is 237 g/mol. The van der Waals surface area contributed by atoms with Crippen molar-refractivity contribution in [3.05, 3.63) is 35.5 Å². The minimum Gasteiger partial charge on any atom is -0.507 e. The normalized spacial score (nSPS) is 10.2. The second-order valence-corrected chi connectivity index (χ2v) is 3.21. The van der Waals surface area contributed by atoms with Crippen molar-refractivity contribution >= 4 is 11.9 Å². The molecule has 0 bridgehead atoms. The minimum absolute atomic E-state index is 0.157. The summed E-state index contributed by atoms with van der Waals surface area (Å²) in [5.74, 6) is -1.89. The summed E-state index contributed by atoms with van der Waals surface area (Å²) in [6, 6.07) is 3.40. The lowest BCUT2D eigenvalue weighted by Crippen LogP contribution is -2.14. The molecule has 7 heteroatoms. The molecule has 0 saturated carbocycles. The van der Waals surface area contributed by atoms with E-state index in [4.69, 9.17) is 4.42 Å². The van der Waals surface area contributed by atoms with Crippen LogP contribution in [0, 0.1) is 12.7 Å². The third kappa shape index (κ3) is 2.22. The van der Waals surface area contributed by atoms with E-state index < -0.39 is 23.0 Å². The van der Waals surface area contributed by atoms with Crippen LogP contribution in [0.15, 0.2) is 22.6 Å². The van der Waals surface area contributed by atoms with Crippen LogP contribution < -0.4 is 5.32 Å². The highest BCUT2D eigenvalue weighted by Crippen LogP contribution is 2.20. The Morgan fingerprint density at radius 1 is 1.47 bits per heavy atom. The SMILES string of the molecule is Cc1nnc(NC(=O)c2c(O)cccc2F)o1. The number of phenols is 1. The summed E-state index contributed by atoms with van der Waals surface area (Å²) in [4.78, 5) is 11.6. The predicted octanol–water partition coefficient (Wildman–Crippen LogP) is 1.48. The number of hydrogen-bond donors (Lipinski definition) is 2. The molecule has 1 amide bonds. The van der Waals surface area contributed by atoms with Crippen molar-refractivity contribution in [1.82, 2.24) is 10.2 Å². The van der Waals surface area contributed by atoms with E-state index >= 15 is 0 Å². The van der Waals surface area contributed by atoms with Crippen LogP contribution in [0.3, 0.4) is 0 Å². The van der Waals surface area contributed by atoms with Crippen molar-refractivity contribution in [3.63, 3.8) is 0 Å². The van der Waals surface area contributed by atoms with Gasteiger partial charge in [0, 0.05) is 6.92 Å². The van der Waals surface area contributed by atoms with Gasteiger partial charge in [0.2, 0.25) is 5.89 Å². The number of aryl methyl sites for hydroxylation is 1. The van der Waals surface area contributed by atoms with Gasteiger partial charge >= 0.3 is 6.01 Å². The van der Waals surface area contributed by atoms with Crippen LogP contribution in [0.2, 0.25) is 0 Å². The Morgan fingerprint density at radius 2 is 2.24 bits per heavy atom. The van der Waals surface area contributed by atoms with Crippen molar-refractivity contribution < 1.29 is 18.7 Å². The van der Waals surface area contributed by atoms with Crippen molar-refractivity contribution in [1.29, 1.82) is 0 Å². The highest BCUT2D eigenvalue weighted by atomic mass is 19.1. The van der Waals surface area contributed by atoms with Crippen LogP contribution >= 0.6 is 0 Å². The molecule has 2 rings (SSSR count). The van der Waals surface area contributed by atoms with E-state index in [-0.39, 0.29) is 11.9 Å². The maximum atomic E-state index is 13.3. The van der Waals surface area contributed by atoms with Gasteiger partial charge in [-0.15, -0.1) is 5.10 Å². The maximum Gasteiger partial charge on any atom is 0.322 e. The van der Waals surface area contributed by atoms with Crippen molar-refractivity contribution in [2.45, 2.75) is 6.92 Å². The standard InChI is InChI=1S/C10H8FN3O3/c1-5-13-14-10(17-5)12-9(16)8-6(11)3-2-4-7(8)15/h2-4,15H,1H3,(H,12,14,16). The number of carbonyl (C=O) groups is 1. The molecular formula is C10H8FN3O3. The smallest absolute Gasteiger partial charge is 0.322 e. The molecule has 0 spiro atoms. The number of nitrogens with zero attached hydrogens (tertiary/aromatic N) is 2. The molecule has 0 saturated heterocycles. The molecule has 0 aliphatic heterocycles. The van der Waals surface area contributed by atoms with Gasteiger partial charge in [-0.25, -0.2) is 4.39 Å². The van der Waals surface area contributed by atoms with Crippen LogP contribution in [0.25, 0.3) is 0 Å². The number of aromatic nitrogens is 2. The molecule has 1 heterocycles. The van der Waals surface area contributed by atoms with Gasteiger partial charge in [-0.2, -0.15) is 0 Å². The second-order valence-electron chi connectivity index (χ2n) is 3.21. The maximum absolute atomic E-state index is 13.3. The number of nitrogens with one attached hydrogen (secondary N) is 1. The topological polar surface area (TPSA) is 88.2 Å². The zero-order valence-corrected chi connectivity index (χ0v) is 8.77. The first-order chi connectivity index (χ1) is 8.08. The molecule has 0 fully saturated rings. The van der Waals surface area contributed by atoms with Gasteiger partial charge in [0.1, 0.15) is 17.1 Å². The molecule has 88 valence electrons. The van der Waals surface area contributed by atoms with E-state index in [9.17, 15) is 14.3 Å². The molecular weight excluding hydrogens is 229 g/mol. The number of rotatable bonds is 2. The first-order valence-electron chi connectivity index (χ1n) is 4.67. The summed E-state index contributed by atoms with van der Waals surface area (Å²) >= 11 is 0. The first-order valence-corrected chi connectivity index (χ1v) is 4.67. The Labute approximate surface area is 95.1 Å². The quantitative estimate of drug-likeness (QED) is 0.825. The largest absolute Gasteiger partial charge is 0.507 e. The predicted molar refractivity (Wildman–Crippen MR) is 55.1 cm³/mol. The molecule has 0 aliphatic carbocycles. The summed E-state index contributed by atoms with van der Waals surface area (Å²) < 4.78 is 18.2. The zero-order chi connectivity index (χ0) is 12.4. The van der Waals surface area contributed by atoms with E-state index in [0.717, 1.165) is 6.07 Å². The second kappa shape index (κ2) is 4.20. The minimum atomic E-state index is -0.857. The summed E-state index contributed by atoms with van der Waals surface area (Å²) in [6.07, 6.45) is 0. The molecule has 17 heavy (non-hydrogen) atoms. The van der Waals surface area contributed by atoms with Gasteiger partial charge in [0.05, 0.1) is 0 Å². The lowest BCUT2D eigenvalue weighted by Gasteiger charge is -2.04. The van der Waals surface area contributed by atoms with Crippen molar-refractivity contribution in [2.24, 2.45) is 0 Å². The van der Waals surface area contributed by atoms with E-state index in [0.29, 0.717) is 0 Å². The van der Waals surface area contributed by atoms with Gasteiger partial charge in [0.25, 0.3) is 5.91 Å². The number of carbonyl (C=O) groups excluding carboxylic acids is 1. The molecule has 0 atom stereocenters. The fourth-order valence-corrected chi connectivity index (χ4v) is 1.24. The van der Waals surface area contributed by atoms with E-state index in [1.807, 2.05) is 0 Å². The average Bonchev–Trinajstić information content (AvgIpc) is 2.63. The van der Waals surface area contributed by atoms with Gasteiger partial charge in [-0.05, 0) is 12.1 Å². The number of benzene rings is 1. The lowest BCUT2D eigenvalue weighted by molar-refractivity contribution is 0.101. The number of anilines is 1. The first kappa shape index (κ1) is 11.1. The summed E-state index contributed by atoms with van der Waals surface area (Å²) in [5.41, 5.74) is -0.469. The Balaban J connectivity index is 2.26. The fourth-order valence-electron chi connectivity index (χ4n) is 1.24. The van der Waals surface area contributed by atoms with Crippen LogP contribution in [0.5, 0.6) is 5.75 Å². The lowest BCUT2D eigenvalue weighted by atomic mass is 10.2. The summed E-state index contributed by atoms with van der Waals surface area (Å²) in [5, 5.41) is 18.6. The van der Waals surface area contributed by atoms with Crippen molar-refractivity contribution in [3.8, 4) is 5.75 Å². The third-order valence-electron chi connectivity index (χ3n) is 1.97. The molecule has 1 aromatic heterocycles. The molecule has 2 aromatic rings. The summed E-state index contributed by atoms with van der Waals surface area (Å²) in [7, 11) is 0. The molecule has 1 aromatic carbocycles. The molecule has 0 radical (unpaired) electrons. The number of phenolic OH excluding ortho intramolecular Hbond substituents is 1. The van der Waals surface area contributed by atoms with Crippen molar-refractivity contribution in [2.75, 3.05) is 5.32 Å². The van der Waals surface area contributed by atoms with Gasteiger partial charge < -0.3 is 9.52 Å². The third-order valence-corrected chi connectivity index (χ3v) is 1.97.